The van der Waals surface area contributed by atoms with Crippen molar-refractivity contribution in [3.8, 4) is 0 Å². The predicted octanol–water partition coefficient (Wildman–Crippen LogP) is 4.97. The molecule has 0 fully saturated rings. The fraction of sp³-hybridized carbons (Fsp3) is 0.300. The molecular formula is C20H20N4O3S. The zero-order valence-corrected chi connectivity index (χ0v) is 16.6. The topological polar surface area (TPSA) is 95.4 Å². The number of rotatable bonds is 5. The number of pyridine rings is 2. The summed E-state index contributed by atoms with van der Waals surface area (Å²) in [7, 11) is 0. The lowest BCUT2D eigenvalue weighted by Crippen LogP contribution is -2.34. The number of amides is 2. The number of hydrogen-bond donors (Lipinski definition) is 2. The molecule has 0 aromatic carbocycles. The van der Waals surface area contributed by atoms with Crippen LogP contribution in [0.1, 0.15) is 41.2 Å². The maximum Gasteiger partial charge on any atom is 0.348 e. The van der Waals surface area contributed by atoms with Crippen molar-refractivity contribution in [2.75, 3.05) is 10.2 Å². The Morgan fingerprint density at radius 2 is 2.14 bits per heavy atom. The van der Waals surface area contributed by atoms with Gasteiger partial charge in [0.1, 0.15) is 9.71 Å². The summed E-state index contributed by atoms with van der Waals surface area (Å²) < 4.78 is 0. The van der Waals surface area contributed by atoms with Crippen molar-refractivity contribution in [3.63, 3.8) is 0 Å². The molecule has 1 unspecified atom stereocenters. The Kier molecular flexibility index (Phi) is 4.50. The number of carboxylic acids is 1. The summed E-state index contributed by atoms with van der Waals surface area (Å²) in [5.41, 5.74) is 3.54. The standard InChI is InChI=1S/C20H20N4O3S/c1-4-10(2)7-12-8-11(3)14(9-22-12)24-13-5-6-21-18-15(13)16(23-20(24)27)17(28-18)19(25)26/h5-6,8-10H,4,7H2,1-3H3,(H,23,27)(H,25,26). The molecule has 1 aliphatic heterocycles. The zero-order valence-electron chi connectivity index (χ0n) is 15.8. The molecule has 28 heavy (non-hydrogen) atoms. The molecule has 8 heteroatoms. The first kappa shape index (κ1) is 18.4. The molecule has 0 bridgehead atoms. The molecule has 0 saturated heterocycles. The number of urea groups is 1. The summed E-state index contributed by atoms with van der Waals surface area (Å²) in [6.07, 6.45) is 5.28. The molecule has 144 valence electrons. The molecule has 1 aliphatic rings. The van der Waals surface area contributed by atoms with Gasteiger partial charge >= 0.3 is 12.0 Å². The number of carbonyl (C=O) groups is 2. The molecule has 3 aromatic heterocycles. The van der Waals surface area contributed by atoms with Gasteiger partial charge in [0.2, 0.25) is 0 Å². The Morgan fingerprint density at radius 3 is 2.82 bits per heavy atom. The van der Waals surface area contributed by atoms with Crippen LogP contribution in [-0.4, -0.2) is 27.1 Å². The third-order valence-corrected chi connectivity index (χ3v) is 6.16. The van der Waals surface area contributed by atoms with E-state index in [9.17, 15) is 14.7 Å². The molecular weight excluding hydrogens is 376 g/mol. The van der Waals surface area contributed by atoms with Gasteiger partial charge in [0.15, 0.2) is 0 Å². The van der Waals surface area contributed by atoms with E-state index in [0.29, 0.717) is 33.2 Å². The Hall–Kier alpha value is -3.00. The minimum atomic E-state index is -1.08. The van der Waals surface area contributed by atoms with Crippen LogP contribution in [0.4, 0.5) is 21.9 Å². The second kappa shape index (κ2) is 6.87. The molecule has 0 spiro atoms. The minimum absolute atomic E-state index is 0.0849. The highest BCUT2D eigenvalue weighted by Gasteiger charge is 2.33. The Bertz CT molecular complexity index is 1110. The van der Waals surface area contributed by atoms with Crippen molar-refractivity contribution >= 4 is 50.6 Å². The second-order valence-electron chi connectivity index (χ2n) is 7.07. The third-order valence-electron chi connectivity index (χ3n) is 5.08. The monoisotopic (exact) mass is 396 g/mol. The number of nitrogens with zero attached hydrogens (tertiary/aromatic N) is 3. The maximum atomic E-state index is 12.9. The first-order valence-electron chi connectivity index (χ1n) is 9.12. The summed E-state index contributed by atoms with van der Waals surface area (Å²) in [6.45, 7) is 6.30. The van der Waals surface area contributed by atoms with Gasteiger partial charge in [0.25, 0.3) is 0 Å². The number of aromatic nitrogens is 2. The molecule has 0 aliphatic carbocycles. The quantitative estimate of drug-likeness (QED) is 0.635. The molecule has 4 heterocycles. The summed E-state index contributed by atoms with van der Waals surface area (Å²) in [4.78, 5) is 35.5. The van der Waals surface area contributed by atoms with E-state index in [4.69, 9.17) is 0 Å². The number of aromatic carboxylic acids is 1. The summed E-state index contributed by atoms with van der Waals surface area (Å²) in [6, 6.07) is 3.34. The van der Waals surface area contributed by atoms with E-state index >= 15 is 0 Å². The van der Waals surface area contributed by atoms with E-state index in [2.05, 4.69) is 29.1 Å². The van der Waals surface area contributed by atoms with E-state index in [-0.39, 0.29) is 4.88 Å². The highest BCUT2D eigenvalue weighted by atomic mass is 32.1. The Balaban J connectivity index is 1.83. The SMILES string of the molecule is CCC(C)Cc1cc(C)c(N2C(=O)Nc3c(C(=O)O)sc4nccc2c34)cn1. The molecule has 4 rings (SSSR count). The number of carboxylic acid groups (broad SMARTS) is 1. The van der Waals surface area contributed by atoms with Crippen LogP contribution in [0, 0.1) is 12.8 Å². The minimum Gasteiger partial charge on any atom is -0.477 e. The van der Waals surface area contributed by atoms with E-state index in [0.717, 1.165) is 35.4 Å². The van der Waals surface area contributed by atoms with Crippen LogP contribution < -0.4 is 10.2 Å². The lowest BCUT2D eigenvalue weighted by atomic mass is 10.0. The first-order valence-corrected chi connectivity index (χ1v) is 9.93. The third kappa shape index (κ3) is 2.90. The predicted molar refractivity (Wildman–Crippen MR) is 110 cm³/mol. The summed E-state index contributed by atoms with van der Waals surface area (Å²) in [5, 5.41) is 12.8. The maximum absolute atomic E-state index is 12.9. The number of thiophene rings is 1. The van der Waals surface area contributed by atoms with E-state index in [1.54, 1.807) is 23.4 Å². The van der Waals surface area contributed by atoms with Crippen LogP contribution in [0.15, 0.2) is 24.5 Å². The van der Waals surface area contributed by atoms with Crippen LogP contribution in [-0.2, 0) is 6.42 Å². The van der Waals surface area contributed by atoms with Crippen molar-refractivity contribution in [1.29, 1.82) is 0 Å². The number of anilines is 3. The highest BCUT2D eigenvalue weighted by molar-refractivity contribution is 7.21. The van der Waals surface area contributed by atoms with E-state index in [1.807, 2.05) is 13.0 Å². The van der Waals surface area contributed by atoms with E-state index < -0.39 is 12.0 Å². The highest BCUT2D eigenvalue weighted by Crippen LogP contribution is 2.46. The molecule has 2 amide bonds. The number of hydrogen-bond acceptors (Lipinski definition) is 5. The van der Waals surface area contributed by atoms with Gasteiger partial charge in [-0.1, -0.05) is 20.3 Å². The zero-order chi connectivity index (χ0) is 20.0. The van der Waals surface area contributed by atoms with Gasteiger partial charge in [-0.2, -0.15) is 0 Å². The number of carbonyl (C=O) groups excluding carboxylic acids is 1. The fourth-order valence-corrected chi connectivity index (χ4v) is 4.39. The number of aryl methyl sites for hydroxylation is 1. The Labute approximate surface area is 166 Å². The van der Waals surface area contributed by atoms with Crippen molar-refractivity contribution in [2.24, 2.45) is 5.92 Å². The van der Waals surface area contributed by atoms with E-state index in [1.165, 1.54) is 0 Å². The van der Waals surface area contributed by atoms with Gasteiger partial charge in [-0.25, -0.2) is 14.6 Å². The first-order chi connectivity index (χ1) is 13.4. The van der Waals surface area contributed by atoms with Crippen molar-refractivity contribution < 1.29 is 14.7 Å². The molecule has 0 radical (unpaired) electrons. The average Bonchev–Trinajstić information content (AvgIpc) is 3.03. The van der Waals surface area contributed by atoms with Crippen LogP contribution in [0.3, 0.4) is 0 Å². The lowest BCUT2D eigenvalue weighted by molar-refractivity contribution is 0.0703. The average molecular weight is 396 g/mol. The molecule has 1 atom stereocenters. The van der Waals surface area contributed by atoms with Gasteiger partial charge in [-0.05, 0) is 37.0 Å². The van der Waals surface area contributed by atoms with Crippen molar-refractivity contribution in [3.05, 3.63) is 40.7 Å². The van der Waals surface area contributed by atoms with Crippen molar-refractivity contribution in [2.45, 2.75) is 33.6 Å². The van der Waals surface area contributed by atoms with Gasteiger partial charge in [-0.3, -0.25) is 9.88 Å². The normalized spacial score (nSPS) is 14.2. The number of nitrogens with one attached hydrogen (secondary N) is 1. The largest absolute Gasteiger partial charge is 0.477 e. The van der Waals surface area contributed by atoms with Gasteiger partial charge in [0.05, 0.1) is 28.6 Å². The van der Waals surface area contributed by atoms with Crippen molar-refractivity contribution in [1.82, 2.24) is 9.97 Å². The van der Waals surface area contributed by atoms with Gasteiger partial charge in [-0.15, -0.1) is 11.3 Å². The van der Waals surface area contributed by atoms with Crippen LogP contribution in [0.2, 0.25) is 0 Å². The van der Waals surface area contributed by atoms with Crippen LogP contribution >= 0.6 is 11.3 Å². The fourth-order valence-electron chi connectivity index (χ4n) is 3.43. The lowest BCUT2D eigenvalue weighted by Gasteiger charge is -2.29. The smallest absolute Gasteiger partial charge is 0.348 e. The van der Waals surface area contributed by atoms with Crippen LogP contribution in [0.5, 0.6) is 0 Å². The van der Waals surface area contributed by atoms with Gasteiger partial charge in [0, 0.05) is 11.9 Å². The van der Waals surface area contributed by atoms with Gasteiger partial charge < -0.3 is 10.4 Å². The Morgan fingerprint density at radius 1 is 1.36 bits per heavy atom. The van der Waals surface area contributed by atoms with Crippen LogP contribution in [0.25, 0.3) is 10.2 Å². The molecule has 3 aromatic rings. The molecule has 0 saturated carbocycles. The molecule has 7 nitrogen and oxygen atoms in total. The summed E-state index contributed by atoms with van der Waals surface area (Å²) >= 11 is 1.06. The second-order valence-corrected chi connectivity index (χ2v) is 8.07. The molecule has 2 N–H and O–H groups in total. The summed E-state index contributed by atoms with van der Waals surface area (Å²) in [5.74, 6) is -0.538.